The van der Waals surface area contributed by atoms with Crippen LogP contribution in [0.25, 0.3) is 6.08 Å². The number of halogens is 1. The predicted molar refractivity (Wildman–Crippen MR) is 93.4 cm³/mol. The number of aryl methyl sites for hydroxylation is 1. The van der Waals surface area contributed by atoms with Crippen molar-refractivity contribution < 1.29 is 4.79 Å². The molecule has 3 rings (SSSR count). The maximum Gasteiger partial charge on any atom is 0.264 e. The molecule has 1 N–H and O–H groups in total. The number of nitrogens with one attached hydrogen (secondary N) is 1. The van der Waals surface area contributed by atoms with Crippen molar-refractivity contribution in [2.75, 3.05) is 0 Å². The van der Waals surface area contributed by atoms with Crippen molar-refractivity contribution in [2.24, 2.45) is 4.99 Å². The standard InChI is InChI=1S/C17H13ClN2OS/c1-11-4-2-3-5-14(11)19-17-20-16(21)15(22-17)10-12-6-8-13(18)9-7-12/h2-10H,1H3,(H,19,20,21). The normalized spacial score (nSPS) is 18.0. The summed E-state index contributed by atoms with van der Waals surface area (Å²) in [5, 5.41) is 4.06. The molecule has 0 radical (unpaired) electrons. The molecule has 1 amide bonds. The van der Waals surface area contributed by atoms with Crippen molar-refractivity contribution in [1.29, 1.82) is 0 Å². The van der Waals surface area contributed by atoms with Gasteiger partial charge in [-0.25, -0.2) is 4.99 Å². The predicted octanol–water partition coefficient (Wildman–Crippen LogP) is 4.54. The number of hydrogen-bond donors (Lipinski definition) is 1. The molecule has 3 nitrogen and oxygen atoms in total. The number of thioether (sulfide) groups is 1. The van der Waals surface area contributed by atoms with Crippen LogP contribution in [0.5, 0.6) is 0 Å². The Morgan fingerprint density at radius 1 is 1.14 bits per heavy atom. The van der Waals surface area contributed by atoms with Crippen molar-refractivity contribution in [2.45, 2.75) is 6.92 Å². The Morgan fingerprint density at radius 2 is 1.86 bits per heavy atom. The minimum absolute atomic E-state index is 0.132. The first-order valence-electron chi connectivity index (χ1n) is 6.72. The Balaban J connectivity index is 1.84. The van der Waals surface area contributed by atoms with Gasteiger partial charge in [-0.15, -0.1) is 0 Å². The summed E-state index contributed by atoms with van der Waals surface area (Å²) in [7, 11) is 0. The lowest BCUT2D eigenvalue weighted by molar-refractivity contribution is -0.115. The summed E-state index contributed by atoms with van der Waals surface area (Å²) < 4.78 is 0. The van der Waals surface area contributed by atoms with Crippen molar-refractivity contribution in [3.05, 3.63) is 69.6 Å². The maximum atomic E-state index is 12.0. The highest BCUT2D eigenvalue weighted by atomic mass is 35.5. The summed E-state index contributed by atoms with van der Waals surface area (Å²) in [6.45, 7) is 1.99. The van der Waals surface area contributed by atoms with E-state index in [4.69, 9.17) is 11.6 Å². The van der Waals surface area contributed by atoms with Crippen LogP contribution in [0.2, 0.25) is 5.02 Å². The van der Waals surface area contributed by atoms with Crippen LogP contribution in [0, 0.1) is 6.92 Å². The Hall–Kier alpha value is -2.04. The second kappa shape index (κ2) is 6.38. The van der Waals surface area contributed by atoms with Gasteiger partial charge in [-0.2, -0.15) is 0 Å². The number of carbonyl (C=O) groups excluding carboxylic acids is 1. The Labute approximate surface area is 138 Å². The lowest BCUT2D eigenvalue weighted by Crippen LogP contribution is -2.19. The lowest BCUT2D eigenvalue weighted by Gasteiger charge is -1.99. The molecular weight excluding hydrogens is 316 g/mol. The third-order valence-electron chi connectivity index (χ3n) is 3.16. The molecule has 0 atom stereocenters. The molecule has 22 heavy (non-hydrogen) atoms. The molecule has 5 heteroatoms. The molecule has 2 aromatic carbocycles. The lowest BCUT2D eigenvalue weighted by atomic mass is 10.2. The molecule has 0 unspecified atom stereocenters. The zero-order valence-electron chi connectivity index (χ0n) is 11.8. The number of hydrogen-bond acceptors (Lipinski definition) is 3. The van der Waals surface area contributed by atoms with Gasteiger partial charge in [-0.1, -0.05) is 41.9 Å². The molecule has 1 aliphatic heterocycles. The van der Waals surface area contributed by atoms with Crippen LogP contribution >= 0.6 is 23.4 Å². The van der Waals surface area contributed by atoms with Gasteiger partial charge in [0.25, 0.3) is 5.91 Å². The fourth-order valence-corrected chi connectivity index (χ4v) is 2.95. The van der Waals surface area contributed by atoms with Gasteiger partial charge in [0.2, 0.25) is 0 Å². The molecule has 1 fully saturated rings. The number of carbonyl (C=O) groups is 1. The molecule has 2 aromatic rings. The van der Waals surface area contributed by atoms with Crippen LogP contribution < -0.4 is 5.32 Å². The van der Waals surface area contributed by atoms with Crippen LogP contribution in [0.15, 0.2) is 58.4 Å². The zero-order chi connectivity index (χ0) is 15.5. The van der Waals surface area contributed by atoms with E-state index in [2.05, 4.69) is 10.3 Å². The van der Waals surface area contributed by atoms with Gasteiger partial charge in [0.05, 0.1) is 10.6 Å². The number of para-hydroxylation sites is 1. The second-order valence-corrected chi connectivity index (χ2v) is 6.29. The Bertz CT molecular complexity index is 782. The molecule has 110 valence electrons. The molecule has 0 bridgehead atoms. The largest absolute Gasteiger partial charge is 0.300 e. The number of amidine groups is 1. The summed E-state index contributed by atoms with van der Waals surface area (Å²) in [5.41, 5.74) is 2.86. The van der Waals surface area contributed by atoms with Crippen molar-refractivity contribution in [1.82, 2.24) is 5.32 Å². The molecule has 0 spiro atoms. The minimum atomic E-state index is -0.132. The van der Waals surface area contributed by atoms with Gasteiger partial charge in [-0.05, 0) is 54.1 Å². The average molecular weight is 329 g/mol. The van der Waals surface area contributed by atoms with E-state index in [9.17, 15) is 4.79 Å². The van der Waals surface area contributed by atoms with Crippen LogP contribution in [-0.2, 0) is 4.79 Å². The fraction of sp³-hybridized carbons (Fsp3) is 0.0588. The summed E-state index contributed by atoms with van der Waals surface area (Å²) in [5.74, 6) is -0.132. The van der Waals surface area contributed by atoms with Crippen LogP contribution in [0.4, 0.5) is 5.69 Å². The molecule has 0 aromatic heterocycles. The molecule has 1 saturated heterocycles. The molecular formula is C17H13ClN2OS. The minimum Gasteiger partial charge on any atom is -0.300 e. The van der Waals surface area contributed by atoms with E-state index in [-0.39, 0.29) is 5.91 Å². The first-order chi connectivity index (χ1) is 10.6. The first-order valence-corrected chi connectivity index (χ1v) is 7.92. The van der Waals surface area contributed by atoms with E-state index < -0.39 is 0 Å². The number of nitrogens with zero attached hydrogens (tertiary/aromatic N) is 1. The summed E-state index contributed by atoms with van der Waals surface area (Å²) in [6.07, 6.45) is 1.83. The SMILES string of the molecule is Cc1ccccc1N=C1NC(=O)C(=Cc2ccc(Cl)cc2)S1. The monoisotopic (exact) mass is 328 g/mol. The molecule has 1 heterocycles. The van der Waals surface area contributed by atoms with Crippen LogP contribution in [0.3, 0.4) is 0 Å². The molecule has 0 aliphatic carbocycles. The van der Waals surface area contributed by atoms with Crippen molar-refractivity contribution in [3.63, 3.8) is 0 Å². The van der Waals surface area contributed by atoms with Gasteiger partial charge in [-0.3, -0.25) is 4.79 Å². The summed E-state index contributed by atoms with van der Waals surface area (Å²) in [4.78, 5) is 17.1. The highest BCUT2D eigenvalue weighted by Gasteiger charge is 2.23. The van der Waals surface area contributed by atoms with E-state index >= 15 is 0 Å². The third-order valence-corrected chi connectivity index (χ3v) is 4.32. The highest BCUT2D eigenvalue weighted by molar-refractivity contribution is 8.18. The van der Waals surface area contributed by atoms with Crippen molar-refractivity contribution >= 4 is 46.2 Å². The summed E-state index contributed by atoms with van der Waals surface area (Å²) >= 11 is 7.20. The fourth-order valence-electron chi connectivity index (χ4n) is 1.99. The quantitative estimate of drug-likeness (QED) is 0.822. The van der Waals surface area contributed by atoms with E-state index in [1.807, 2.05) is 49.4 Å². The topological polar surface area (TPSA) is 41.5 Å². The maximum absolute atomic E-state index is 12.0. The van der Waals surface area contributed by atoms with E-state index in [1.54, 1.807) is 12.1 Å². The first kappa shape index (κ1) is 14.9. The third kappa shape index (κ3) is 3.40. The van der Waals surface area contributed by atoms with Gasteiger partial charge < -0.3 is 5.32 Å². The highest BCUT2D eigenvalue weighted by Crippen LogP contribution is 2.29. The van der Waals surface area contributed by atoms with Crippen LogP contribution in [-0.4, -0.2) is 11.1 Å². The van der Waals surface area contributed by atoms with Gasteiger partial charge in [0.15, 0.2) is 5.17 Å². The smallest absolute Gasteiger partial charge is 0.264 e. The number of amides is 1. The number of rotatable bonds is 2. The zero-order valence-corrected chi connectivity index (χ0v) is 13.4. The second-order valence-electron chi connectivity index (χ2n) is 4.82. The van der Waals surface area contributed by atoms with Crippen molar-refractivity contribution in [3.8, 4) is 0 Å². The van der Waals surface area contributed by atoms with Crippen LogP contribution in [0.1, 0.15) is 11.1 Å². The van der Waals surface area contributed by atoms with Gasteiger partial charge in [0, 0.05) is 5.02 Å². The van der Waals surface area contributed by atoms with Gasteiger partial charge in [0.1, 0.15) is 0 Å². The van der Waals surface area contributed by atoms with E-state index in [0.717, 1.165) is 16.8 Å². The number of aliphatic imine (C=N–C) groups is 1. The molecule has 1 aliphatic rings. The molecule has 0 saturated carbocycles. The Kier molecular flexibility index (Phi) is 4.32. The Morgan fingerprint density at radius 3 is 2.59 bits per heavy atom. The summed E-state index contributed by atoms with van der Waals surface area (Å²) in [6, 6.07) is 15.2. The average Bonchev–Trinajstić information content (AvgIpc) is 2.84. The van der Waals surface area contributed by atoms with E-state index in [0.29, 0.717) is 15.1 Å². The van der Waals surface area contributed by atoms with E-state index in [1.165, 1.54) is 11.8 Å². The number of benzene rings is 2. The van der Waals surface area contributed by atoms with Gasteiger partial charge >= 0.3 is 0 Å².